The van der Waals surface area contributed by atoms with Crippen molar-refractivity contribution in [2.45, 2.75) is 6.42 Å². The van der Waals surface area contributed by atoms with E-state index in [9.17, 15) is 4.79 Å². The number of hydrogen-bond acceptors (Lipinski definition) is 6. The van der Waals surface area contributed by atoms with Gasteiger partial charge in [0, 0.05) is 11.9 Å². The number of fused-ring (bicyclic) bond motifs is 1. The Kier molecular flexibility index (Phi) is 3.50. The van der Waals surface area contributed by atoms with Gasteiger partial charge in [-0.3, -0.25) is 0 Å². The first kappa shape index (κ1) is 11.7. The van der Waals surface area contributed by atoms with Crippen LogP contribution in [0.3, 0.4) is 0 Å². The van der Waals surface area contributed by atoms with Gasteiger partial charge in [-0.15, -0.1) is 11.3 Å². The molecule has 0 atom stereocenters. The maximum absolute atomic E-state index is 11.0. The molecule has 0 spiro atoms. The number of carboxylic acids is 1. The van der Waals surface area contributed by atoms with Crippen LogP contribution in [0, 0.1) is 0 Å². The van der Waals surface area contributed by atoms with Gasteiger partial charge in [-0.1, -0.05) is 0 Å². The van der Waals surface area contributed by atoms with Crippen LogP contribution in [0.5, 0.6) is 0 Å². The molecular weight excluding hydrogens is 240 g/mol. The van der Waals surface area contributed by atoms with Gasteiger partial charge < -0.3 is 16.2 Å². The van der Waals surface area contributed by atoms with Crippen molar-refractivity contribution < 1.29 is 9.90 Å². The molecule has 0 fully saturated rings. The van der Waals surface area contributed by atoms with Gasteiger partial charge in [0.2, 0.25) is 5.95 Å². The predicted molar refractivity (Wildman–Crippen MR) is 66.5 cm³/mol. The van der Waals surface area contributed by atoms with E-state index < -0.39 is 5.97 Å². The summed E-state index contributed by atoms with van der Waals surface area (Å²) in [6.07, 6.45) is 2.45. The summed E-state index contributed by atoms with van der Waals surface area (Å²) in [5.41, 5.74) is 6.07. The topological polar surface area (TPSA) is 101 Å². The number of nitrogens with zero attached hydrogens (tertiary/aromatic N) is 2. The van der Waals surface area contributed by atoms with Crippen molar-refractivity contribution in [3.05, 3.63) is 17.1 Å². The number of aromatic nitrogens is 2. The lowest BCUT2D eigenvalue weighted by molar-refractivity contribution is 0.0699. The molecule has 0 radical (unpaired) electrons. The third-order valence-corrected chi connectivity index (χ3v) is 3.11. The molecule has 0 aromatic carbocycles. The van der Waals surface area contributed by atoms with E-state index >= 15 is 0 Å². The van der Waals surface area contributed by atoms with Crippen LogP contribution in [-0.2, 0) is 0 Å². The minimum absolute atomic E-state index is 0.217. The van der Waals surface area contributed by atoms with Gasteiger partial charge in [0.05, 0.1) is 16.5 Å². The van der Waals surface area contributed by atoms with Crippen LogP contribution in [0.15, 0.2) is 11.6 Å². The summed E-state index contributed by atoms with van der Waals surface area (Å²) >= 11 is 1.33. The average Bonchev–Trinajstić information content (AvgIpc) is 2.72. The number of aromatic carboxylic acids is 1. The lowest BCUT2D eigenvalue weighted by Gasteiger charge is -2.03. The summed E-state index contributed by atoms with van der Waals surface area (Å²) in [6, 6.07) is 0. The molecule has 90 valence electrons. The Morgan fingerprint density at radius 3 is 3.12 bits per heavy atom. The number of hydrogen-bond donors (Lipinski definition) is 3. The Morgan fingerprint density at radius 1 is 1.59 bits per heavy atom. The van der Waals surface area contributed by atoms with Crippen molar-refractivity contribution in [2.24, 2.45) is 5.73 Å². The second kappa shape index (κ2) is 5.07. The van der Waals surface area contributed by atoms with Gasteiger partial charge in [-0.25, -0.2) is 14.8 Å². The van der Waals surface area contributed by atoms with Crippen molar-refractivity contribution in [1.82, 2.24) is 9.97 Å². The first-order valence-corrected chi connectivity index (χ1v) is 6.02. The zero-order valence-corrected chi connectivity index (χ0v) is 9.83. The van der Waals surface area contributed by atoms with Gasteiger partial charge >= 0.3 is 5.97 Å². The van der Waals surface area contributed by atoms with E-state index in [2.05, 4.69) is 15.3 Å². The summed E-state index contributed by atoms with van der Waals surface area (Å²) in [6.45, 7) is 1.27. The molecule has 0 aliphatic rings. The number of anilines is 1. The molecule has 4 N–H and O–H groups in total. The van der Waals surface area contributed by atoms with E-state index in [1.54, 1.807) is 11.6 Å². The van der Waals surface area contributed by atoms with Gasteiger partial charge in [-0.2, -0.15) is 0 Å². The van der Waals surface area contributed by atoms with E-state index in [1.165, 1.54) is 11.3 Å². The molecule has 6 nitrogen and oxygen atoms in total. The smallest absolute Gasteiger partial charge is 0.338 e. The lowest BCUT2D eigenvalue weighted by atomic mass is 10.3. The van der Waals surface area contributed by atoms with Crippen molar-refractivity contribution in [2.75, 3.05) is 18.4 Å². The maximum Gasteiger partial charge on any atom is 0.338 e. The molecular formula is C10H12N4O2S. The molecule has 2 aromatic rings. The average molecular weight is 252 g/mol. The highest BCUT2D eigenvalue weighted by molar-refractivity contribution is 7.17. The van der Waals surface area contributed by atoms with Gasteiger partial charge in [0.25, 0.3) is 0 Å². The van der Waals surface area contributed by atoms with E-state index in [0.717, 1.165) is 11.1 Å². The molecule has 7 heteroatoms. The molecule has 0 amide bonds. The Bertz CT molecular complexity index is 540. The molecule has 0 aliphatic heterocycles. The fraction of sp³-hybridized carbons (Fsp3) is 0.300. The van der Waals surface area contributed by atoms with Crippen LogP contribution in [0.25, 0.3) is 10.2 Å². The van der Waals surface area contributed by atoms with Gasteiger partial charge in [0.1, 0.15) is 5.52 Å². The highest BCUT2D eigenvalue weighted by Crippen LogP contribution is 2.24. The monoisotopic (exact) mass is 252 g/mol. The van der Waals surface area contributed by atoms with Crippen LogP contribution in [0.4, 0.5) is 5.95 Å². The largest absolute Gasteiger partial charge is 0.478 e. The standard InChI is InChI=1S/C10H12N4O2S/c11-2-1-3-12-10-13-4-7-8(14-10)6(5-17-7)9(15)16/h4-5H,1-3,11H2,(H,15,16)(H,12,13,14). The molecule has 0 saturated heterocycles. The number of nitrogens with one attached hydrogen (secondary N) is 1. The van der Waals surface area contributed by atoms with Crippen molar-refractivity contribution in [3.63, 3.8) is 0 Å². The minimum Gasteiger partial charge on any atom is -0.478 e. The molecule has 2 heterocycles. The summed E-state index contributed by atoms with van der Waals surface area (Å²) in [7, 11) is 0. The zero-order chi connectivity index (χ0) is 12.3. The molecule has 17 heavy (non-hydrogen) atoms. The van der Waals surface area contributed by atoms with E-state index in [4.69, 9.17) is 10.8 Å². The molecule has 0 saturated carbocycles. The summed E-state index contributed by atoms with van der Waals surface area (Å²) in [5, 5.41) is 13.6. The highest BCUT2D eigenvalue weighted by atomic mass is 32.1. The minimum atomic E-state index is -0.970. The van der Waals surface area contributed by atoms with E-state index in [-0.39, 0.29) is 5.56 Å². The zero-order valence-electron chi connectivity index (χ0n) is 9.01. The van der Waals surface area contributed by atoms with E-state index in [1.807, 2.05) is 0 Å². The van der Waals surface area contributed by atoms with Crippen LogP contribution in [0.1, 0.15) is 16.8 Å². The third kappa shape index (κ3) is 2.51. The van der Waals surface area contributed by atoms with Crippen molar-refractivity contribution >= 4 is 33.5 Å². The van der Waals surface area contributed by atoms with Crippen LogP contribution >= 0.6 is 11.3 Å². The second-order valence-corrected chi connectivity index (χ2v) is 4.34. The number of carboxylic acid groups (broad SMARTS) is 1. The molecule has 0 bridgehead atoms. The molecule has 2 rings (SSSR count). The number of thiophene rings is 1. The Balaban J connectivity index is 2.28. The number of carbonyl (C=O) groups is 1. The molecule has 0 aliphatic carbocycles. The van der Waals surface area contributed by atoms with E-state index in [0.29, 0.717) is 24.6 Å². The molecule has 0 unspecified atom stereocenters. The number of rotatable bonds is 5. The third-order valence-electron chi connectivity index (χ3n) is 2.21. The lowest BCUT2D eigenvalue weighted by Crippen LogP contribution is -2.10. The fourth-order valence-corrected chi connectivity index (χ4v) is 2.21. The maximum atomic E-state index is 11.0. The fourth-order valence-electron chi connectivity index (χ4n) is 1.37. The first-order chi connectivity index (χ1) is 8.22. The summed E-state index contributed by atoms with van der Waals surface area (Å²) < 4.78 is 0.770. The Hall–Kier alpha value is -1.73. The van der Waals surface area contributed by atoms with Gasteiger partial charge in [0.15, 0.2) is 0 Å². The Morgan fingerprint density at radius 2 is 2.41 bits per heavy atom. The quantitative estimate of drug-likeness (QED) is 0.690. The second-order valence-electron chi connectivity index (χ2n) is 3.43. The summed E-state index contributed by atoms with van der Waals surface area (Å²) in [5.74, 6) is -0.533. The SMILES string of the molecule is NCCCNc1ncc2scc(C(=O)O)c2n1. The summed E-state index contributed by atoms with van der Waals surface area (Å²) in [4.78, 5) is 19.3. The highest BCUT2D eigenvalue weighted by Gasteiger charge is 2.13. The molecule has 2 aromatic heterocycles. The van der Waals surface area contributed by atoms with Crippen LogP contribution in [-0.4, -0.2) is 34.1 Å². The predicted octanol–water partition coefficient (Wildman–Crippen LogP) is 1.15. The number of nitrogens with two attached hydrogens (primary N) is 1. The first-order valence-electron chi connectivity index (χ1n) is 5.14. The van der Waals surface area contributed by atoms with Crippen LogP contribution < -0.4 is 11.1 Å². The van der Waals surface area contributed by atoms with Crippen molar-refractivity contribution in [3.8, 4) is 0 Å². The van der Waals surface area contributed by atoms with Gasteiger partial charge in [-0.05, 0) is 13.0 Å². The van der Waals surface area contributed by atoms with Crippen LogP contribution in [0.2, 0.25) is 0 Å². The normalized spacial score (nSPS) is 10.6. The Labute approximate surface area is 101 Å². The van der Waals surface area contributed by atoms with Crippen molar-refractivity contribution in [1.29, 1.82) is 0 Å².